The van der Waals surface area contributed by atoms with Crippen LogP contribution < -0.4 is 5.73 Å². The molecule has 3 N–H and O–H groups in total. The van der Waals surface area contributed by atoms with Crippen molar-refractivity contribution in [3.63, 3.8) is 0 Å². The maximum Gasteiger partial charge on any atom is 0.254 e. The molecule has 0 heterocycles. The molecular formula is C11H13F2N3O2. The Hall–Kier alpha value is -2.18. The van der Waals surface area contributed by atoms with Crippen molar-refractivity contribution in [1.82, 2.24) is 4.90 Å². The molecule has 0 fully saturated rings. The van der Waals surface area contributed by atoms with Gasteiger partial charge in [-0.1, -0.05) is 5.16 Å². The second-order valence-corrected chi connectivity index (χ2v) is 3.75. The molecule has 0 radical (unpaired) electrons. The Balaban J connectivity index is 2.96. The van der Waals surface area contributed by atoms with Gasteiger partial charge < -0.3 is 15.8 Å². The summed E-state index contributed by atoms with van der Waals surface area (Å²) < 4.78 is 25.7. The number of carbonyl (C=O) groups is 1. The van der Waals surface area contributed by atoms with Crippen LogP contribution in [0.2, 0.25) is 0 Å². The second kappa shape index (κ2) is 5.44. The van der Waals surface area contributed by atoms with Crippen molar-refractivity contribution >= 4 is 11.7 Å². The van der Waals surface area contributed by atoms with Gasteiger partial charge in [0.05, 0.1) is 6.04 Å². The number of hydrogen-bond acceptors (Lipinski definition) is 3. The van der Waals surface area contributed by atoms with Gasteiger partial charge in [0, 0.05) is 12.6 Å². The van der Waals surface area contributed by atoms with E-state index >= 15 is 0 Å². The number of oxime groups is 1. The number of benzene rings is 1. The van der Waals surface area contributed by atoms with Gasteiger partial charge in [0.2, 0.25) is 0 Å². The van der Waals surface area contributed by atoms with Crippen LogP contribution >= 0.6 is 0 Å². The minimum absolute atomic E-state index is 0.0195. The van der Waals surface area contributed by atoms with Crippen LogP contribution in [0.15, 0.2) is 23.4 Å². The molecular weight excluding hydrogens is 244 g/mol. The summed E-state index contributed by atoms with van der Waals surface area (Å²) >= 11 is 0. The minimum atomic E-state index is -1.11. The lowest BCUT2D eigenvalue weighted by molar-refractivity contribution is 0.0775. The highest BCUT2D eigenvalue weighted by atomic mass is 19.2. The largest absolute Gasteiger partial charge is 0.409 e. The molecule has 0 saturated heterocycles. The van der Waals surface area contributed by atoms with Gasteiger partial charge in [0.25, 0.3) is 5.91 Å². The van der Waals surface area contributed by atoms with Crippen LogP contribution in [-0.2, 0) is 0 Å². The Morgan fingerprint density at radius 2 is 2.06 bits per heavy atom. The third-order valence-corrected chi connectivity index (χ3v) is 2.61. The zero-order chi connectivity index (χ0) is 13.9. The van der Waals surface area contributed by atoms with Crippen LogP contribution in [0.5, 0.6) is 0 Å². The molecule has 5 nitrogen and oxygen atoms in total. The molecule has 1 aromatic carbocycles. The molecule has 18 heavy (non-hydrogen) atoms. The smallest absolute Gasteiger partial charge is 0.254 e. The molecule has 1 unspecified atom stereocenters. The number of amides is 1. The van der Waals surface area contributed by atoms with E-state index in [1.54, 1.807) is 0 Å². The summed E-state index contributed by atoms with van der Waals surface area (Å²) in [4.78, 5) is 13.1. The fraction of sp³-hybridized carbons (Fsp3) is 0.273. The van der Waals surface area contributed by atoms with E-state index in [0.717, 1.165) is 23.1 Å². The molecule has 98 valence electrons. The van der Waals surface area contributed by atoms with E-state index in [-0.39, 0.29) is 11.4 Å². The lowest BCUT2D eigenvalue weighted by Gasteiger charge is -2.23. The quantitative estimate of drug-likeness (QED) is 0.369. The minimum Gasteiger partial charge on any atom is -0.409 e. The Labute approximate surface area is 102 Å². The molecule has 7 heteroatoms. The normalized spacial score (nSPS) is 13.2. The van der Waals surface area contributed by atoms with Gasteiger partial charge in [0.1, 0.15) is 0 Å². The molecule has 0 aliphatic rings. The van der Waals surface area contributed by atoms with Crippen LogP contribution in [0.3, 0.4) is 0 Å². The number of carbonyl (C=O) groups excluding carboxylic acids is 1. The highest BCUT2D eigenvalue weighted by molar-refractivity contribution is 5.97. The van der Waals surface area contributed by atoms with Gasteiger partial charge >= 0.3 is 0 Å². The first-order valence-electron chi connectivity index (χ1n) is 5.08. The van der Waals surface area contributed by atoms with Gasteiger partial charge in [-0.25, -0.2) is 8.78 Å². The zero-order valence-corrected chi connectivity index (χ0v) is 9.89. The molecule has 1 aromatic rings. The molecule has 0 aliphatic heterocycles. The molecule has 0 aromatic heterocycles. The average molecular weight is 257 g/mol. The van der Waals surface area contributed by atoms with E-state index in [4.69, 9.17) is 10.9 Å². The van der Waals surface area contributed by atoms with E-state index in [1.165, 1.54) is 14.0 Å². The number of amidine groups is 1. The molecule has 1 rings (SSSR count). The van der Waals surface area contributed by atoms with Crippen LogP contribution in [0.4, 0.5) is 8.78 Å². The molecule has 1 atom stereocenters. The summed E-state index contributed by atoms with van der Waals surface area (Å²) in [6.45, 7) is 1.53. The first kappa shape index (κ1) is 13.9. The highest BCUT2D eigenvalue weighted by Crippen LogP contribution is 2.12. The summed E-state index contributed by atoms with van der Waals surface area (Å²) in [5.41, 5.74) is 5.34. The molecule has 0 saturated carbocycles. The first-order chi connectivity index (χ1) is 8.38. The number of nitrogens with two attached hydrogens (primary N) is 1. The molecule has 0 bridgehead atoms. The van der Waals surface area contributed by atoms with E-state index in [0.29, 0.717) is 0 Å². The monoisotopic (exact) mass is 257 g/mol. The predicted octanol–water partition coefficient (Wildman–Crippen LogP) is 1.17. The number of likely N-dealkylation sites (N-methyl/N-ethyl adjacent to an activating group) is 1. The van der Waals surface area contributed by atoms with E-state index in [2.05, 4.69) is 5.16 Å². The Morgan fingerprint density at radius 3 is 2.56 bits per heavy atom. The van der Waals surface area contributed by atoms with Crippen molar-refractivity contribution in [2.24, 2.45) is 10.9 Å². The van der Waals surface area contributed by atoms with Crippen molar-refractivity contribution in [3.05, 3.63) is 35.4 Å². The fourth-order valence-corrected chi connectivity index (χ4v) is 1.29. The first-order valence-corrected chi connectivity index (χ1v) is 5.08. The van der Waals surface area contributed by atoms with Gasteiger partial charge in [-0.15, -0.1) is 0 Å². The lowest BCUT2D eigenvalue weighted by atomic mass is 10.1. The third-order valence-electron chi connectivity index (χ3n) is 2.61. The number of nitrogens with zero attached hydrogens (tertiary/aromatic N) is 2. The average Bonchev–Trinajstić information content (AvgIpc) is 2.38. The number of rotatable bonds is 3. The highest BCUT2D eigenvalue weighted by Gasteiger charge is 2.21. The van der Waals surface area contributed by atoms with Gasteiger partial charge in [0.15, 0.2) is 17.5 Å². The number of hydrogen-bond donors (Lipinski definition) is 2. The summed E-state index contributed by atoms with van der Waals surface area (Å²) in [7, 11) is 1.41. The summed E-state index contributed by atoms with van der Waals surface area (Å²) in [5.74, 6) is -2.86. The van der Waals surface area contributed by atoms with Gasteiger partial charge in [-0.05, 0) is 25.1 Å². The SMILES string of the molecule is CC(C(N)=NO)N(C)C(=O)c1ccc(F)c(F)c1. The van der Waals surface area contributed by atoms with Crippen molar-refractivity contribution in [2.75, 3.05) is 7.05 Å². The third kappa shape index (κ3) is 2.73. The fourth-order valence-electron chi connectivity index (χ4n) is 1.29. The second-order valence-electron chi connectivity index (χ2n) is 3.75. The Morgan fingerprint density at radius 1 is 1.44 bits per heavy atom. The van der Waals surface area contributed by atoms with Gasteiger partial charge in [-0.2, -0.15) is 0 Å². The standard InChI is InChI=1S/C11H13F2N3O2/c1-6(10(14)15-18)16(2)11(17)7-3-4-8(12)9(13)5-7/h3-6,18H,1-2H3,(H2,14,15). The molecule has 1 amide bonds. The van der Waals surface area contributed by atoms with Crippen LogP contribution in [0.1, 0.15) is 17.3 Å². The van der Waals surface area contributed by atoms with E-state index in [9.17, 15) is 13.6 Å². The van der Waals surface area contributed by atoms with Crippen LogP contribution in [0.25, 0.3) is 0 Å². The van der Waals surface area contributed by atoms with Crippen molar-refractivity contribution < 1.29 is 18.8 Å². The predicted molar refractivity (Wildman–Crippen MR) is 61.3 cm³/mol. The summed E-state index contributed by atoms with van der Waals surface area (Å²) in [5, 5.41) is 11.3. The Kier molecular flexibility index (Phi) is 4.19. The number of halogens is 2. The van der Waals surface area contributed by atoms with Crippen LogP contribution in [-0.4, -0.2) is 34.9 Å². The van der Waals surface area contributed by atoms with E-state index in [1.807, 2.05) is 0 Å². The van der Waals surface area contributed by atoms with Crippen molar-refractivity contribution in [2.45, 2.75) is 13.0 Å². The zero-order valence-electron chi connectivity index (χ0n) is 9.89. The van der Waals surface area contributed by atoms with Crippen molar-refractivity contribution in [3.8, 4) is 0 Å². The van der Waals surface area contributed by atoms with E-state index < -0.39 is 23.6 Å². The molecule has 0 spiro atoms. The lowest BCUT2D eigenvalue weighted by Crippen LogP contribution is -2.43. The summed E-state index contributed by atoms with van der Waals surface area (Å²) in [6, 6.07) is 2.16. The Bertz CT molecular complexity index is 491. The summed E-state index contributed by atoms with van der Waals surface area (Å²) in [6.07, 6.45) is 0. The topological polar surface area (TPSA) is 78.9 Å². The maximum atomic E-state index is 13.0. The molecule has 0 aliphatic carbocycles. The van der Waals surface area contributed by atoms with Gasteiger partial charge in [-0.3, -0.25) is 4.79 Å². The maximum absolute atomic E-state index is 13.0. The van der Waals surface area contributed by atoms with Crippen molar-refractivity contribution in [1.29, 1.82) is 0 Å². The van der Waals surface area contributed by atoms with Crippen LogP contribution in [0, 0.1) is 11.6 Å².